The van der Waals surface area contributed by atoms with Crippen molar-refractivity contribution in [2.75, 3.05) is 6.61 Å². The number of rotatable bonds is 6. The van der Waals surface area contributed by atoms with Gasteiger partial charge in [0.25, 0.3) is 5.91 Å². The SMILES string of the molecule is CC1CC(C)C(NC(=O)c2cnn(-c3cccc(Br)c3)c2OCC2CCCCC2)C2CC2C1. The van der Waals surface area contributed by atoms with Gasteiger partial charge in [-0.05, 0) is 79.9 Å². The Balaban J connectivity index is 1.39. The summed E-state index contributed by atoms with van der Waals surface area (Å²) in [5, 5.41) is 8.00. The normalized spacial score (nSPS) is 29.7. The van der Waals surface area contributed by atoms with Crippen molar-refractivity contribution in [3.8, 4) is 11.6 Å². The number of fused-ring (bicyclic) bond motifs is 1. The Kier molecular flexibility index (Phi) is 6.82. The number of hydrogen-bond acceptors (Lipinski definition) is 3. The molecule has 5 atom stereocenters. The van der Waals surface area contributed by atoms with Gasteiger partial charge in [0, 0.05) is 10.5 Å². The fourth-order valence-corrected chi connectivity index (χ4v) is 6.64. The van der Waals surface area contributed by atoms with Gasteiger partial charge in [-0.15, -0.1) is 0 Å². The maximum absolute atomic E-state index is 13.5. The highest BCUT2D eigenvalue weighted by atomic mass is 79.9. The minimum atomic E-state index is -0.0491. The zero-order chi connectivity index (χ0) is 22.9. The van der Waals surface area contributed by atoms with Crippen molar-refractivity contribution < 1.29 is 9.53 Å². The average Bonchev–Trinajstić information content (AvgIpc) is 3.43. The molecule has 6 heteroatoms. The zero-order valence-corrected chi connectivity index (χ0v) is 21.4. The summed E-state index contributed by atoms with van der Waals surface area (Å²) in [4.78, 5) is 13.5. The topological polar surface area (TPSA) is 56.2 Å². The minimum absolute atomic E-state index is 0.0491. The molecule has 178 valence electrons. The van der Waals surface area contributed by atoms with Gasteiger partial charge in [0.05, 0.1) is 18.5 Å². The summed E-state index contributed by atoms with van der Waals surface area (Å²) < 4.78 is 9.13. The fraction of sp³-hybridized carbons (Fsp3) is 0.630. The summed E-state index contributed by atoms with van der Waals surface area (Å²) in [6.45, 7) is 5.30. The van der Waals surface area contributed by atoms with Crippen LogP contribution in [0.15, 0.2) is 34.9 Å². The highest BCUT2D eigenvalue weighted by molar-refractivity contribution is 9.10. The highest BCUT2D eigenvalue weighted by Gasteiger charge is 2.48. The lowest BCUT2D eigenvalue weighted by Crippen LogP contribution is -2.41. The van der Waals surface area contributed by atoms with Gasteiger partial charge >= 0.3 is 0 Å². The van der Waals surface area contributed by atoms with Gasteiger partial charge in [0.2, 0.25) is 5.88 Å². The lowest BCUT2D eigenvalue weighted by Gasteiger charge is -2.25. The lowest BCUT2D eigenvalue weighted by atomic mass is 9.90. The quantitative estimate of drug-likeness (QED) is 0.486. The maximum atomic E-state index is 13.5. The molecule has 0 radical (unpaired) electrons. The van der Waals surface area contributed by atoms with Crippen LogP contribution in [0.3, 0.4) is 0 Å². The molecule has 1 N–H and O–H groups in total. The van der Waals surface area contributed by atoms with E-state index < -0.39 is 0 Å². The van der Waals surface area contributed by atoms with E-state index in [9.17, 15) is 4.79 Å². The summed E-state index contributed by atoms with van der Waals surface area (Å²) in [5.74, 6) is 3.71. The largest absolute Gasteiger partial charge is 0.477 e. The van der Waals surface area contributed by atoms with Crippen molar-refractivity contribution in [1.82, 2.24) is 15.1 Å². The maximum Gasteiger partial charge on any atom is 0.258 e. The molecule has 3 aliphatic carbocycles. The molecule has 5 rings (SSSR count). The average molecular weight is 515 g/mol. The van der Waals surface area contributed by atoms with Crippen LogP contribution < -0.4 is 10.1 Å². The van der Waals surface area contributed by atoms with Crippen LogP contribution in [0, 0.1) is 29.6 Å². The fourth-order valence-electron chi connectivity index (χ4n) is 6.25. The van der Waals surface area contributed by atoms with E-state index in [4.69, 9.17) is 4.74 Å². The van der Waals surface area contributed by atoms with Gasteiger partial charge in [-0.25, -0.2) is 4.68 Å². The number of hydrogen-bond donors (Lipinski definition) is 1. The first-order chi connectivity index (χ1) is 16.0. The molecule has 1 aromatic carbocycles. The Morgan fingerprint density at radius 2 is 2.00 bits per heavy atom. The number of amides is 1. The second-order valence-electron chi connectivity index (χ2n) is 10.8. The number of ether oxygens (including phenoxy) is 1. The Labute approximate surface area is 205 Å². The molecule has 5 unspecified atom stereocenters. The standard InChI is InChI=1S/C27H36BrN3O2/c1-17-11-18(2)25(23-13-20(23)12-17)30-26(32)24-15-29-31(22-10-6-9-21(28)14-22)27(24)33-16-19-7-4-3-5-8-19/h6,9-10,14-15,17-20,23,25H,3-5,7-8,11-13,16H2,1-2H3,(H,30,32). The van der Waals surface area contributed by atoms with E-state index in [1.807, 2.05) is 24.3 Å². The smallest absolute Gasteiger partial charge is 0.258 e. The molecule has 33 heavy (non-hydrogen) atoms. The van der Waals surface area contributed by atoms with Crippen LogP contribution in [-0.4, -0.2) is 28.3 Å². The van der Waals surface area contributed by atoms with Crippen molar-refractivity contribution in [2.24, 2.45) is 29.6 Å². The van der Waals surface area contributed by atoms with E-state index in [1.54, 1.807) is 10.9 Å². The van der Waals surface area contributed by atoms with Crippen LogP contribution in [-0.2, 0) is 0 Å². The first kappa shape index (κ1) is 22.9. The number of nitrogens with one attached hydrogen (secondary N) is 1. The van der Waals surface area contributed by atoms with Crippen molar-refractivity contribution in [3.63, 3.8) is 0 Å². The van der Waals surface area contributed by atoms with Crippen LogP contribution >= 0.6 is 15.9 Å². The molecule has 1 aromatic heterocycles. The Hall–Kier alpha value is -1.82. The van der Waals surface area contributed by atoms with Gasteiger partial charge in [0.1, 0.15) is 5.56 Å². The molecule has 3 saturated carbocycles. The molecular formula is C27H36BrN3O2. The molecule has 1 amide bonds. The van der Waals surface area contributed by atoms with Crippen molar-refractivity contribution in [3.05, 3.63) is 40.5 Å². The van der Waals surface area contributed by atoms with Crippen LogP contribution in [0.2, 0.25) is 0 Å². The lowest BCUT2D eigenvalue weighted by molar-refractivity contribution is 0.0907. The minimum Gasteiger partial charge on any atom is -0.477 e. The monoisotopic (exact) mass is 513 g/mol. The van der Waals surface area contributed by atoms with Crippen molar-refractivity contribution >= 4 is 21.8 Å². The highest BCUT2D eigenvalue weighted by Crippen LogP contribution is 2.51. The molecule has 0 bridgehead atoms. The summed E-state index contributed by atoms with van der Waals surface area (Å²) in [6, 6.07) is 8.21. The van der Waals surface area contributed by atoms with Gasteiger partial charge in [-0.2, -0.15) is 5.10 Å². The van der Waals surface area contributed by atoms with Crippen LogP contribution in [0.1, 0.15) is 75.6 Å². The molecule has 1 heterocycles. The first-order valence-electron chi connectivity index (χ1n) is 12.8. The summed E-state index contributed by atoms with van der Waals surface area (Å²) in [5.41, 5.74) is 1.44. The third-order valence-electron chi connectivity index (χ3n) is 8.03. The molecule has 3 fully saturated rings. The molecule has 2 aromatic rings. The predicted molar refractivity (Wildman–Crippen MR) is 134 cm³/mol. The van der Waals surface area contributed by atoms with Gasteiger partial charge in [-0.3, -0.25) is 4.79 Å². The van der Waals surface area contributed by atoms with E-state index in [2.05, 4.69) is 40.2 Å². The summed E-state index contributed by atoms with van der Waals surface area (Å²) in [7, 11) is 0. The first-order valence-corrected chi connectivity index (χ1v) is 13.6. The number of carbonyl (C=O) groups excluding carboxylic acids is 1. The van der Waals surface area contributed by atoms with Crippen LogP contribution in [0.4, 0.5) is 0 Å². The predicted octanol–water partition coefficient (Wildman–Crippen LogP) is 6.39. The number of benzene rings is 1. The van der Waals surface area contributed by atoms with E-state index >= 15 is 0 Å². The number of halogens is 1. The Morgan fingerprint density at radius 1 is 1.18 bits per heavy atom. The van der Waals surface area contributed by atoms with E-state index in [0.717, 1.165) is 22.0 Å². The Bertz CT molecular complexity index is 983. The zero-order valence-electron chi connectivity index (χ0n) is 19.8. The molecule has 5 nitrogen and oxygen atoms in total. The molecule has 0 aliphatic heterocycles. The number of nitrogens with zero attached hydrogens (tertiary/aromatic N) is 2. The number of aromatic nitrogens is 2. The van der Waals surface area contributed by atoms with Crippen LogP contribution in [0.25, 0.3) is 5.69 Å². The van der Waals surface area contributed by atoms with E-state index in [1.165, 1.54) is 51.4 Å². The third-order valence-corrected chi connectivity index (χ3v) is 8.52. The second-order valence-corrected chi connectivity index (χ2v) is 11.7. The van der Waals surface area contributed by atoms with Gasteiger partial charge < -0.3 is 10.1 Å². The molecular weight excluding hydrogens is 478 g/mol. The second kappa shape index (κ2) is 9.81. The van der Waals surface area contributed by atoms with E-state index in [-0.39, 0.29) is 11.9 Å². The summed E-state index contributed by atoms with van der Waals surface area (Å²) in [6.07, 6.45) is 11.7. The van der Waals surface area contributed by atoms with Gasteiger partial charge in [0.15, 0.2) is 0 Å². The van der Waals surface area contributed by atoms with Crippen LogP contribution in [0.5, 0.6) is 5.88 Å². The van der Waals surface area contributed by atoms with E-state index in [0.29, 0.717) is 35.8 Å². The molecule has 0 spiro atoms. The third kappa shape index (κ3) is 5.16. The van der Waals surface area contributed by atoms with Crippen molar-refractivity contribution in [1.29, 1.82) is 0 Å². The van der Waals surface area contributed by atoms with Crippen molar-refractivity contribution in [2.45, 2.75) is 71.3 Å². The molecule has 3 aliphatic rings. The Morgan fingerprint density at radius 3 is 2.79 bits per heavy atom. The molecule has 0 saturated heterocycles. The van der Waals surface area contributed by atoms with Gasteiger partial charge in [-0.1, -0.05) is 55.1 Å². The number of carbonyl (C=O) groups is 1. The summed E-state index contributed by atoms with van der Waals surface area (Å²) >= 11 is 3.56.